The molecule has 67 heavy (non-hydrogen) atoms. The van der Waals surface area contributed by atoms with Gasteiger partial charge in [0.15, 0.2) is 6.10 Å². The minimum Gasteiger partial charge on any atom is -0.462 e. The zero-order valence-corrected chi connectivity index (χ0v) is 43.9. The highest BCUT2D eigenvalue weighted by atomic mass is 16.6. The van der Waals surface area contributed by atoms with Gasteiger partial charge in [-0.3, -0.25) is 14.4 Å². The SMILES string of the molecule is CC/C=C/C=C/C=C/CCCCCCCC(=O)OCC(COC(=O)CCCCCCCC/C=C/C/C=C/C/C=C/C/C=C/CC)OC(=O)CCCCCCCCCCCCCCCCCCC. The van der Waals surface area contributed by atoms with Crippen LogP contribution in [-0.2, 0) is 28.6 Å². The summed E-state index contributed by atoms with van der Waals surface area (Å²) in [6.07, 6.45) is 71.4. The second kappa shape index (κ2) is 55.2. The number of carbonyl (C=O) groups is 3. The molecule has 0 radical (unpaired) electrons. The highest BCUT2D eigenvalue weighted by Crippen LogP contribution is 2.16. The zero-order valence-electron chi connectivity index (χ0n) is 43.9. The van der Waals surface area contributed by atoms with Crippen molar-refractivity contribution < 1.29 is 28.6 Å². The Morgan fingerprint density at radius 2 is 0.657 bits per heavy atom. The Morgan fingerprint density at radius 1 is 0.328 bits per heavy atom. The van der Waals surface area contributed by atoms with Crippen molar-refractivity contribution in [3.05, 3.63) is 85.1 Å². The summed E-state index contributed by atoms with van der Waals surface area (Å²) in [6, 6.07) is 0. The van der Waals surface area contributed by atoms with Crippen LogP contribution in [0.2, 0.25) is 0 Å². The third-order valence-corrected chi connectivity index (χ3v) is 12.0. The summed E-state index contributed by atoms with van der Waals surface area (Å²) in [6.45, 7) is 6.38. The Kier molecular flexibility index (Phi) is 52.4. The molecule has 6 nitrogen and oxygen atoms in total. The molecule has 0 saturated carbocycles. The van der Waals surface area contributed by atoms with E-state index in [0.717, 1.165) is 116 Å². The van der Waals surface area contributed by atoms with Gasteiger partial charge in [-0.25, -0.2) is 0 Å². The van der Waals surface area contributed by atoms with Crippen molar-refractivity contribution in [1.29, 1.82) is 0 Å². The van der Waals surface area contributed by atoms with Crippen LogP contribution in [0.1, 0.15) is 265 Å². The standard InChI is InChI=1S/C61H104O6/c1-4-7-10-13-16-19-22-25-27-29-30-32-33-36-39-42-45-48-51-54-60(63)66-57-58(56-65-59(62)53-50-47-44-41-38-35-24-21-18-15-12-9-6-3)67-61(64)55-52-49-46-43-40-37-34-31-28-26-23-20-17-14-11-8-5-2/h7,9-10,12,15-16,18-19,21,24-25,27,30,32,58H,4-6,8,11,13-14,17,20,22-23,26,28-29,31,33-57H2,1-3H3/b10-7+,12-9+,18-15+,19-16+,24-21+,27-25+,32-30+. The van der Waals surface area contributed by atoms with Crippen molar-refractivity contribution in [2.75, 3.05) is 13.2 Å². The first kappa shape index (κ1) is 63.6. The summed E-state index contributed by atoms with van der Waals surface area (Å²) in [5.74, 6) is -0.916. The maximum atomic E-state index is 12.8. The lowest BCUT2D eigenvalue weighted by Gasteiger charge is -2.18. The Bertz CT molecular complexity index is 1300. The van der Waals surface area contributed by atoms with E-state index >= 15 is 0 Å². The van der Waals surface area contributed by atoms with Crippen LogP contribution in [0.5, 0.6) is 0 Å². The molecule has 1 unspecified atom stereocenters. The fourth-order valence-corrected chi connectivity index (χ4v) is 7.79. The van der Waals surface area contributed by atoms with E-state index in [2.05, 4.69) is 106 Å². The predicted molar refractivity (Wildman–Crippen MR) is 288 cm³/mol. The van der Waals surface area contributed by atoms with Crippen LogP contribution in [0.4, 0.5) is 0 Å². The second-order valence-corrected chi connectivity index (χ2v) is 18.5. The molecule has 6 heteroatoms. The van der Waals surface area contributed by atoms with E-state index in [4.69, 9.17) is 14.2 Å². The molecule has 0 aliphatic rings. The van der Waals surface area contributed by atoms with Gasteiger partial charge in [0.2, 0.25) is 0 Å². The molecular formula is C61H104O6. The van der Waals surface area contributed by atoms with Crippen LogP contribution in [0.25, 0.3) is 0 Å². The second-order valence-electron chi connectivity index (χ2n) is 18.5. The minimum absolute atomic E-state index is 0.0894. The van der Waals surface area contributed by atoms with Crippen molar-refractivity contribution in [3.8, 4) is 0 Å². The highest BCUT2D eigenvalue weighted by molar-refractivity contribution is 5.71. The first-order chi connectivity index (χ1) is 33.0. The maximum Gasteiger partial charge on any atom is 0.306 e. The fourth-order valence-electron chi connectivity index (χ4n) is 7.79. The van der Waals surface area contributed by atoms with Crippen LogP contribution in [0.3, 0.4) is 0 Å². The number of hydrogen-bond acceptors (Lipinski definition) is 6. The lowest BCUT2D eigenvalue weighted by molar-refractivity contribution is -0.167. The smallest absolute Gasteiger partial charge is 0.306 e. The van der Waals surface area contributed by atoms with E-state index < -0.39 is 6.10 Å². The van der Waals surface area contributed by atoms with Crippen molar-refractivity contribution in [1.82, 2.24) is 0 Å². The molecule has 0 aliphatic heterocycles. The highest BCUT2D eigenvalue weighted by Gasteiger charge is 2.19. The van der Waals surface area contributed by atoms with Gasteiger partial charge < -0.3 is 14.2 Å². The normalized spacial score (nSPS) is 12.7. The van der Waals surface area contributed by atoms with Crippen molar-refractivity contribution in [3.63, 3.8) is 0 Å². The van der Waals surface area contributed by atoms with Gasteiger partial charge in [0.25, 0.3) is 0 Å². The van der Waals surface area contributed by atoms with E-state index in [1.807, 2.05) is 0 Å². The topological polar surface area (TPSA) is 78.9 Å². The zero-order chi connectivity index (χ0) is 48.6. The average molecular weight is 933 g/mol. The van der Waals surface area contributed by atoms with Crippen molar-refractivity contribution in [2.45, 2.75) is 271 Å². The number of hydrogen-bond donors (Lipinski definition) is 0. The average Bonchev–Trinajstić information content (AvgIpc) is 3.33. The molecule has 0 aromatic rings. The third kappa shape index (κ3) is 53.4. The lowest BCUT2D eigenvalue weighted by atomic mass is 10.0. The summed E-state index contributed by atoms with van der Waals surface area (Å²) in [7, 11) is 0. The van der Waals surface area contributed by atoms with Crippen LogP contribution in [-0.4, -0.2) is 37.2 Å². The third-order valence-electron chi connectivity index (χ3n) is 12.0. The van der Waals surface area contributed by atoms with Crippen molar-refractivity contribution in [2.24, 2.45) is 0 Å². The molecular weight excluding hydrogens is 829 g/mol. The number of unbranched alkanes of at least 4 members (excludes halogenated alkanes) is 27. The number of rotatable bonds is 50. The van der Waals surface area contributed by atoms with Gasteiger partial charge in [0, 0.05) is 19.3 Å². The summed E-state index contributed by atoms with van der Waals surface area (Å²) < 4.78 is 16.8. The molecule has 0 aromatic heterocycles. The molecule has 384 valence electrons. The molecule has 0 aliphatic carbocycles. The van der Waals surface area contributed by atoms with E-state index in [0.29, 0.717) is 19.3 Å². The van der Waals surface area contributed by atoms with E-state index in [1.165, 1.54) is 109 Å². The Hall–Kier alpha value is -3.41. The number of allylic oxidation sites excluding steroid dienone is 14. The van der Waals surface area contributed by atoms with Crippen molar-refractivity contribution >= 4 is 17.9 Å². The monoisotopic (exact) mass is 933 g/mol. The van der Waals surface area contributed by atoms with Gasteiger partial charge in [0.1, 0.15) is 13.2 Å². The van der Waals surface area contributed by atoms with Crippen LogP contribution >= 0.6 is 0 Å². The van der Waals surface area contributed by atoms with E-state index in [-0.39, 0.29) is 31.1 Å². The van der Waals surface area contributed by atoms with Gasteiger partial charge in [-0.1, -0.05) is 254 Å². The molecule has 0 bridgehead atoms. The van der Waals surface area contributed by atoms with Crippen LogP contribution < -0.4 is 0 Å². The summed E-state index contributed by atoms with van der Waals surface area (Å²) in [5.41, 5.74) is 0. The minimum atomic E-state index is -0.790. The van der Waals surface area contributed by atoms with Gasteiger partial charge in [0.05, 0.1) is 0 Å². The Morgan fingerprint density at radius 3 is 1.07 bits per heavy atom. The molecule has 0 spiro atoms. The summed E-state index contributed by atoms with van der Waals surface area (Å²) in [4.78, 5) is 38.1. The molecule has 0 fully saturated rings. The molecule has 1 atom stereocenters. The summed E-state index contributed by atoms with van der Waals surface area (Å²) >= 11 is 0. The van der Waals surface area contributed by atoms with E-state index in [9.17, 15) is 14.4 Å². The largest absolute Gasteiger partial charge is 0.462 e. The first-order valence-electron chi connectivity index (χ1n) is 28.1. The molecule has 0 amide bonds. The molecule has 0 rings (SSSR count). The molecule has 0 heterocycles. The fraction of sp³-hybridized carbons (Fsp3) is 0.721. The van der Waals surface area contributed by atoms with Gasteiger partial charge in [-0.2, -0.15) is 0 Å². The van der Waals surface area contributed by atoms with Crippen LogP contribution in [0.15, 0.2) is 85.1 Å². The predicted octanol–water partition coefficient (Wildman–Crippen LogP) is 18.8. The summed E-state index contributed by atoms with van der Waals surface area (Å²) in [5, 5.41) is 0. The molecule has 0 saturated heterocycles. The van der Waals surface area contributed by atoms with Gasteiger partial charge in [-0.05, 0) is 77.0 Å². The number of carbonyl (C=O) groups excluding carboxylic acids is 3. The maximum absolute atomic E-state index is 12.8. The van der Waals surface area contributed by atoms with E-state index in [1.54, 1.807) is 0 Å². The lowest BCUT2D eigenvalue weighted by Crippen LogP contribution is -2.30. The number of ether oxygens (including phenoxy) is 3. The Balaban J connectivity index is 4.40. The molecule has 0 aromatic carbocycles. The first-order valence-corrected chi connectivity index (χ1v) is 28.1. The Labute approximate surface area is 414 Å². The van der Waals surface area contributed by atoms with Gasteiger partial charge >= 0.3 is 17.9 Å². The van der Waals surface area contributed by atoms with Crippen LogP contribution in [0, 0.1) is 0 Å². The molecule has 0 N–H and O–H groups in total. The number of esters is 3. The van der Waals surface area contributed by atoms with Gasteiger partial charge in [-0.15, -0.1) is 0 Å². The quantitative estimate of drug-likeness (QED) is 0.0199.